The fourth-order valence-electron chi connectivity index (χ4n) is 5.86. The van der Waals surface area contributed by atoms with Crippen LogP contribution in [-0.4, -0.2) is 48.3 Å². The predicted molar refractivity (Wildman–Crippen MR) is 169 cm³/mol. The van der Waals surface area contributed by atoms with Crippen LogP contribution in [0.3, 0.4) is 0 Å². The van der Waals surface area contributed by atoms with Gasteiger partial charge in [0.15, 0.2) is 23.3 Å². The van der Waals surface area contributed by atoms with Crippen molar-refractivity contribution < 1.29 is 42.6 Å². The number of benzene rings is 4. The molecule has 0 saturated heterocycles. The first-order valence-electron chi connectivity index (χ1n) is 13.6. The molecular formula is C32H17ClCu2N8O2S. The topological polar surface area (TPSA) is 143 Å². The number of fused-ring (bicyclic) bond motifs is 20. The summed E-state index contributed by atoms with van der Waals surface area (Å²) in [7, 11) is 1.78. The van der Waals surface area contributed by atoms with E-state index < -0.39 is 9.05 Å². The minimum absolute atomic E-state index is 0. The minimum atomic E-state index is -4.14. The van der Waals surface area contributed by atoms with Crippen LogP contribution < -0.4 is 0 Å². The third-order valence-electron chi connectivity index (χ3n) is 7.80. The molecule has 0 amide bonds. The van der Waals surface area contributed by atoms with Gasteiger partial charge in [-0.25, -0.2) is 38.3 Å². The van der Waals surface area contributed by atoms with Crippen LogP contribution in [0.1, 0.15) is 0 Å². The Bertz CT molecular complexity index is 2670. The summed E-state index contributed by atoms with van der Waals surface area (Å²) < 4.78 is 25.5. The maximum absolute atomic E-state index is 12.7. The Hall–Kier alpha value is -4.48. The van der Waals surface area contributed by atoms with Crippen molar-refractivity contribution in [2.75, 3.05) is 0 Å². The van der Waals surface area contributed by atoms with Gasteiger partial charge in [0, 0.05) is 88.6 Å². The molecule has 9 rings (SSSR count). The quantitative estimate of drug-likeness (QED) is 0.138. The number of nitrogens with zero attached hydrogens (tertiary/aromatic N) is 6. The number of aromatic nitrogens is 8. The predicted octanol–water partition coefficient (Wildman–Crippen LogP) is 6.79. The molecule has 10 nitrogen and oxygen atoms in total. The normalized spacial score (nSPS) is 11.8. The van der Waals surface area contributed by atoms with Crippen LogP contribution >= 0.6 is 10.7 Å². The van der Waals surface area contributed by atoms with Gasteiger partial charge in [-0.15, -0.1) is 0 Å². The van der Waals surface area contributed by atoms with Crippen LogP contribution in [0.2, 0.25) is 0 Å². The summed E-state index contributed by atoms with van der Waals surface area (Å²) in [5, 5.41) is 2.58. The fraction of sp³-hybridized carbons (Fsp3) is 0. The molecule has 0 aliphatic carbocycles. The first-order chi connectivity index (χ1) is 21.4. The Kier molecular flexibility index (Phi) is 7.28. The van der Waals surface area contributed by atoms with Gasteiger partial charge in [0.2, 0.25) is 0 Å². The van der Waals surface area contributed by atoms with Crippen molar-refractivity contribution in [1.29, 1.82) is 0 Å². The average Bonchev–Trinajstić information content (AvgIpc) is 3.76. The van der Waals surface area contributed by atoms with Crippen molar-refractivity contribution in [3.8, 4) is 45.6 Å². The third kappa shape index (κ3) is 4.63. The maximum Gasteiger partial charge on any atom is 0.262 e. The van der Waals surface area contributed by atoms with Crippen LogP contribution in [0.15, 0.2) is 95.9 Å². The summed E-state index contributed by atoms with van der Waals surface area (Å²) in [6, 6.07) is 28.0. The first kappa shape index (κ1) is 30.2. The Morgan fingerprint density at radius 2 is 0.826 bits per heavy atom. The summed E-state index contributed by atoms with van der Waals surface area (Å²) in [6.07, 6.45) is 0. The summed E-state index contributed by atoms with van der Waals surface area (Å²) in [6.45, 7) is 0. The Morgan fingerprint density at radius 3 is 1.28 bits per heavy atom. The van der Waals surface area contributed by atoms with Crippen molar-refractivity contribution >= 4 is 63.9 Å². The van der Waals surface area contributed by atoms with Gasteiger partial charge < -0.3 is 9.97 Å². The van der Waals surface area contributed by atoms with Gasteiger partial charge in [-0.05, 0) is 6.07 Å². The number of halogens is 1. The fourth-order valence-corrected chi connectivity index (χ4v) is 6.94. The zero-order chi connectivity index (χ0) is 29.6. The van der Waals surface area contributed by atoms with Crippen LogP contribution in [0.25, 0.3) is 89.7 Å². The molecule has 14 heteroatoms. The summed E-state index contributed by atoms with van der Waals surface area (Å²) in [4.78, 5) is 35.9. The van der Waals surface area contributed by atoms with E-state index in [-0.39, 0.29) is 44.7 Å². The molecule has 5 heterocycles. The Morgan fingerprint density at radius 1 is 0.457 bits per heavy atom. The molecule has 7 aromatic rings. The molecular weight excluding hydrogens is 723 g/mol. The molecule has 4 aromatic carbocycles. The standard InChI is InChI=1S/C32H17ClN8O2S.2Cu/c33-44(42,43)23-15-7-14-22-24(23)32-40-30-21-13-6-5-12-20(21)28(38-30)36-26-17-9-2-1-8-16(17)25(34-26)35-27-18-10-3-4-11-19(18)29(37-27)39-31(22)41-32;;/h1-15H,(H2,34,35,36,37,38,39,40,41);;. The third-order valence-corrected chi connectivity index (χ3v) is 9.17. The zero-order valence-corrected chi connectivity index (χ0v) is 26.5. The number of hydrogen-bond acceptors (Lipinski definition) is 8. The van der Waals surface area contributed by atoms with Gasteiger partial charge in [0.05, 0.1) is 4.90 Å². The molecule has 2 aliphatic heterocycles. The Labute approximate surface area is 286 Å². The maximum atomic E-state index is 12.7. The van der Waals surface area contributed by atoms with Crippen LogP contribution in [0.5, 0.6) is 0 Å². The van der Waals surface area contributed by atoms with Crippen molar-refractivity contribution in [3.05, 3.63) is 91.0 Å². The number of rotatable bonds is 1. The molecule has 2 N–H and O–H groups in total. The van der Waals surface area contributed by atoms with Gasteiger partial charge in [-0.2, -0.15) is 0 Å². The number of nitrogens with one attached hydrogen (secondary N) is 2. The zero-order valence-electron chi connectivity index (χ0n) is 23.0. The molecule has 232 valence electrons. The second-order valence-electron chi connectivity index (χ2n) is 10.4. The molecule has 0 spiro atoms. The SMILES string of the molecule is O=S(=O)(Cl)c1cccc2c3nc4nc(nc5[nH]c(nc6nc(nc([nH]3)c12)-c1ccccc1-6)c1ccccc51)-c1ccccc1-4.[Cu].[Cu]. The van der Waals surface area contributed by atoms with E-state index in [2.05, 4.69) is 9.97 Å². The molecule has 8 bridgehead atoms. The van der Waals surface area contributed by atoms with E-state index in [9.17, 15) is 8.42 Å². The molecule has 46 heavy (non-hydrogen) atoms. The first-order valence-corrected chi connectivity index (χ1v) is 15.9. The molecule has 0 atom stereocenters. The largest absolute Gasteiger partial charge is 0.324 e. The average molecular weight is 740 g/mol. The molecule has 0 saturated carbocycles. The van der Waals surface area contributed by atoms with Crippen LogP contribution in [0.4, 0.5) is 0 Å². The number of H-pyrrole nitrogens is 2. The smallest absolute Gasteiger partial charge is 0.262 e. The van der Waals surface area contributed by atoms with Crippen molar-refractivity contribution in [3.63, 3.8) is 0 Å². The second-order valence-corrected chi connectivity index (χ2v) is 12.9. The van der Waals surface area contributed by atoms with Gasteiger partial charge in [0.25, 0.3) is 9.05 Å². The summed E-state index contributed by atoms with van der Waals surface area (Å²) in [5.41, 5.74) is 4.93. The van der Waals surface area contributed by atoms with Crippen molar-refractivity contribution in [2.24, 2.45) is 0 Å². The van der Waals surface area contributed by atoms with Gasteiger partial charge in [-0.3, -0.25) is 0 Å². The Balaban J connectivity index is 0.00000169. The van der Waals surface area contributed by atoms with Crippen molar-refractivity contribution in [1.82, 2.24) is 39.9 Å². The van der Waals surface area contributed by atoms with E-state index in [1.165, 1.54) is 6.07 Å². The minimum Gasteiger partial charge on any atom is -0.324 e. The van der Waals surface area contributed by atoms with Crippen LogP contribution in [0, 0.1) is 0 Å². The van der Waals surface area contributed by atoms with E-state index in [1.807, 2.05) is 72.8 Å². The van der Waals surface area contributed by atoms with Crippen LogP contribution in [-0.2, 0) is 43.2 Å². The monoisotopic (exact) mass is 738 g/mol. The van der Waals surface area contributed by atoms with E-state index in [0.29, 0.717) is 51.0 Å². The van der Waals surface area contributed by atoms with Gasteiger partial charge in [-0.1, -0.05) is 84.9 Å². The molecule has 2 aliphatic rings. The molecule has 2 radical (unpaired) electrons. The summed E-state index contributed by atoms with van der Waals surface area (Å²) >= 11 is 0. The van der Waals surface area contributed by atoms with E-state index in [0.717, 1.165) is 33.0 Å². The van der Waals surface area contributed by atoms with E-state index in [1.54, 1.807) is 12.1 Å². The number of hydrogen-bond donors (Lipinski definition) is 2. The molecule has 0 fully saturated rings. The molecule has 0 unspecified atom stereocenters. The molecule has 3 aromatic heterocycles. The van der Waals surface area contributed by atoms with Gasteiger partial charge >= 0.3 is 0 Å². The van der Waals surface area contributed by atoms with Crippen molar-refractivity contribution in [2.45, 2.75) is 4.90 Å². The number of aromatic amines is 2. The van der Waals surface area contributed by atoms with Gasteiger partial charge in [0.1, 0.15) is 22.6 Å². The summed E-state index contributed by atoms with van der Waals surface area (Å²) in [5.74, 6) is 1.71. The van der Waals surface area contributed by atoms with E-state index >= 15 is 0 Å². The van der Waals surface area contributed by atoms with E-state index in [4.69, 9.17) is 40.6 Å². The second kappa shape index (κ2) is 11.1.